The second kappa shape index (κ2) is 5.11. The van der Waals surface area contributed by atoms with E-state index in [1.807, 2.05) is 19.9 Å². The van der Waals surface area contributed by atoms with E-state index in [1.54, 1.807) is 6.20 Å². The minimum absolute atomic E-state index is 0.181. The first-order chi connectivity index (χ1) is 10.0. The summed E-state index contributed by atoms with van der Waals surface area (Å²) in [5, 5.41) is 10.2. The minimum Gasteiger partial charge on any atom is -0.480 e. The zero-order valence-electron chi connectivity index (χ0n) is 11.9. The Morgan fingerprint density at radius 3 is 2.86 bits per heavy atom. The lowest BCUT2D eigenvalue weighted by atomic mass is 10.1. The van der Waals surface area contributed by atoms with Crippen LogP contribution in [0.2, 0.25) is 0 Å². The first-order valence-electron chi connectivity index (χ1n) is 6.89. The predicted octanol–water partition coefficient (Wildman–Crippen LogP) is 2.60. The number of hydrogen-bond donors (Lipinski definition) is 1. The summed E-state index contributed by atoms with van der Waals surface area (Å²) in [4.78, 5) is 31.2. The molecule has 0 aliphatic carbocycles. The van der Waals surface area contributed by atoms with Crippen LogP contribution in [0.3, 0.4) is 0 Å². The van der Waals surface area contributed by atoms with E-state index in [0.29, 0.717) is 17.8 Å². The number of fused-ring (bicyclic) bond motifs is 1. The molecule has 5 nitrogen and oxygen atoms in total. The van der Waals surface area contributed by atoms with Gasteiger partial charge < -0.3 is 10.0 Å². The average molecular weight is 304 g/mol. The number of likely N-dealkylation sites (tertiary alicyclic amines) is 1. The lowest BCUT2D eigenvalue weighted by molar-refractivity contribution is -0.141. The van der Waals surface area contributed by atoms with Crippen LogP contribution in [0.4, 0.5) is 0 Å². The quantitative estimate of drug-likeness (QED) is 0.926. The third-order valence-electron chi connectivity index (χ3n) is 4.03. The molecule has 1 atom stereocenters. The molecule has 0 aromatic carbocycles. The van der Waals surface area contributed by atoms with Gasteiger partial charge in [-0.15, -0.1) is 11.3 Å². The standard InChI is InChI=1S/C15H16N2O3S/c1-8-5-6-16-13-11(8)9(2)12(21-13)14(18)17-7-3-4-10(17)15(19)20/h5-6,10H,3-4,7H2,1-2H3,(H,19,20)/t10-/m1/s1. The first-order valence-corrected chi connectivity index (χ1v) is 7.71. The molecule has 3 rings (SSSR count). The molecule has 0 unspecified atom stereocenters. The van der Waals surface area contributed by atoms with Crippen molar-refractivity contribution in [3.05, 3.63) is 28.3 Å². The Morgan fingerprint density at radius 2 is 2.19 bits per heavy atom. The Labute approximate surface area is 126 Å². The highest BCUT2D eigenvalue weighted by atomic mass is 32.1. The highest BCUT2D eigenvalue weighted by molar-refractivity contribution is 7.20. The third kappa shape index (κ3) is 2.19. The number of nitrogens with zero attached hydrogens (tertiary/aromatic N) is 2. The van der Waals surface area contributed by atoms with E-state index in [1.165, 1.54) is 16.2 Å². The zero-order chi connectivity index (χ0) is 15.1. The number of aliphatic carboxylic acids is 1. The van der Waals surface area contributed by atoms with E-state index in [4.69, 9.17) is 0 Å². The largest absolute Gasteiger partial charge is 0.480 e. The number of carbonyl (C=O) groups excluding carboxylic acids is 1. The Balaban J connectivity index is 2.04. The molecule has 3 heterocycles. The number of rotatable bonds is 2. The van der Waals surface area contributed by atoms with Crippen LogP contribution in [0.5, 0.6) is 0 Å². The maximum atomic E-state index is 12.7. The summed E-state index contributed by atoms with van der Waals surface area (Å²) < 4.78 is 0. The Hall–Kier alpha value is -1.95. The van der Waals surface area contributed by atoms with Gasteiger partial charge in [-0.25, -0.2) is 9.78 Å². The summed E-state index contributed by atoms with van der Waals surface area (Å²) in [6.45, 7) is 4.41. The number of pyridine rings is 1. The molecule has 1 saturated heterocycles. The number of carbonyl (C=O) groups is 2. The molecule has 6 heteroatoms. The average Bonchev–Trinajstić information content (AvgIpc) is 3.04. The first kappa shape index (κ1) is 14.0. The molecule has 1 fully saturated rings. The summed E-state index contributed by atoms with van der Waals surface area (Å²) in [5.41, 5.74) is 1.99. The summed E-state index contributed by atoms with van der Waals surface area (Å²) in [5.74, 6) is -1.10. The summed E-state index contributed by atoms with van der Waals surface area (Å²) in [7, 11) is 0. The Kier molecular flexibility index (Phi) is 3.41. The van der Waals surface area contributed by atoms with Crippen LogP contribution in [-0.2, 0) is 4.79 Å². The number of aryl methyl sites for hydroxylation is 2. The summed E-state index contributed by atoms with van der Waals surface area (Å²) >= 11 is 1.35. The van der Waals surface area contributed by atoms with Gasteiger partial charge in [0.25, 0.3) is 5.91 Å². The molecule has 1 amide bonds. The van der Waals surface area contributed by atoms with Crippen molar-refractivity contribution in [3.8, 4) is 0 Å². The number of aromatic nitrogens is 1. The molecule has 1 aliphatic heterocycles. The molecular weight excluding hydrogens is 288 g/mol. The van der Waals surface area contributed by atoms with Gasteiger partial charge in [0.1, 0.15) is 10.9 Å². The van der Waals surface area contributed by atoms with Gasteiger partial charge in [-0.1, -0.05) is 0 Å². The van der Waals surface area contributed by atoms with E-state index >= 15 is 0 Å². The zero-order valence-corrected chi connectivity index (χ0v) is 12.7. The molecule has 0 radical (unpaired) electrons. The monoisotopic (exact) mass is 304 g/mol. The van der Waals surface area contributed by atoms with Crippen molar-refractivity contribution in [1.29, 1.82) is 0 Å². The van der Waals surface area contributed by atoms with Gasteiger partial charge in [0.15, 0.2) is 0 Å². The second-order valence-corrected chi connectivity index (χ2v) is 6.36. The van der Waals surface area contributed by atoms with Crippen LogP contribution < -0.4 is 0 Å². The van der Waals surface area contributed by atoms with Crippen molar-refractivity contribution >= 4 is 33.4 Å². The van der Waals surface area contributed by atoms with Crippen molar-refractivity contribution in [2.24, 2.45) is 0 Å². The molecule has 0 spiro atoms. The minimum atomic E-state index is -0.922. The summed E-state index contributed by atoms with van der Waals surface area (Å²) in [6.07, 6.45) is 3.00. The third-order valence-corrected chi connectivity index (χ3v) is 5.22. The lowest BCUT2D eigenvalue weighted by Crippen LogP contribution is -2.40. The van der Waals surface area contributed by atoms with Crippen LogP contribution in [0.15, 0.2) is 12.3 Å². The topological polar surface area (TPSA) is 70.5 Å². The number of carboxylic acid groups (broad SMARTS) is 1. The van der Waals surface area contributed by atoms with E-state index in [2.05, 4.69) is 4.98 Å². The highest BCUT2D eigenvalue weighted by Gasteiger charge is 2.35. The van der Waals surface area contributed by atoms with Crippen molar-refractivity contribution < 1.29 is 14.7 Å². The van der Waals surface area contributed by atoms with Crippen molar-refractivity contribution in [1.82, 2.24) is 9.88 Å². The fraction of sp³-hybridized carbons (Fsp3) is 0.400. The fourth-order valence-electron chi connectivity index (χ4n) is 2.95. The van der Waals surface area contributed by atoms with Crippen LogP contribution in [-0.4, -0.2) is 39.5 Å². The van der Waals surface area contributed by atoms with Gasteiger partial charge in [-0.05, 0) is 43.9 Å². The summed E-state index contributed by atoms with van der Waals surface area (Å²) in [6, 6.07) is 1.22. The van der Waals surface area contributed by atoms with Crippen molar-refractivity contribution in [3.63, 3.8) is 0 Å². The van der Waals surface area contributed by atoms with E-state index < -0.39 is 12.0 Å². The van der Waals surface area contributed by atoms with E-state index in [-0.39, 0.29) is 5.91 Å². The van der Waals surface area contributed by atoms with E-state index in [0.717, 1.165) is 27.8 Å². The Bertz CT molecular complexity index is 738. The second-order valence-electron chi connectivity index (χ2n) is 5.36. The molecule has 0 bridgehead atoms. The molecule has 1 N–H and O–H groups in total. The van der Waals surface area contributed by atoms with Crippen molar-refractivity contribution in [2.75, 3.05) is 6.54 Å². The van der Waals surface area contributed by atoms with Crippen LogP contribution >= 0.6 is 11.3 Å². The number of amides is 1. The fourth-order valence-corrected chi connectivity index (χ4v) is 4.14. The molecule has 2 aromatic heterocycles. The van der Waals surface area contributed by atoms with Crippen LogP contribution in [0, 0.1) is 13.8 Å². The van der Waals surface area contributed by atoms with Crippen LogP contribution in [0.1, 0.15) is 33.6 Å². The highest BCUT2D eigenvalue weighted by Crippen LogP contribution is 2.33. The SMILES string of the molecule is Cc1ccnc2sc(C(=O)N3CCC[C@@H]3C(=O)O)c(C)c12. The van der Waals surface area contributed by atoms with Gasteiger partial charge in [0.2, 0.25) is 0 Å². The van der Waals surface area contributed by atoms with Gasteiger partial charge in [-0.3, -0.25) is 4.79 Å². The number of thiophene rings is 1. The lowest BCUT2D eigenvalue weighted by Gasteiger charge is -2.21. The molecule has 2 aromatic rings. The number of hydrogen-bond acceptors (Lipinski definition) is 4. The van der Waals surface area contributed by atoms with Gasteiger partial charge >= 0.3 is 5.97 Å². The number of carboxylic acids is 1. The van der Waals surface area contributed by atoms with Gasteiger partial charge in [0.05, 0.1) is 4.88 Å². The normalized spacial score (nSPS) is 18.4. The van der Waals surface area contributed by atoms with Crippen LogP contribution in [0.25, 0.3) is 10.2 Å². The maximum absolute atomic E-state index is 12.7. The molecule has 0 saturated carbocycles. The van der Waals surface area contributed by atoms with Crippen molar-refractivity contribution in [2.45, 2.75) is 32.7 Å². The molecule has 21 heavy (non-hydrogen) atoms. The Morgan fingerprint density at radius 1 is 1.43 bits per heavy atom. The molecular formula is C15H16N2O3S. The molecule has 110 valence electrons. The van der Waals surface area contributed by atoms with Gasteiger partial charge in [0, 0.05) is 18.1 Å². The maximum Gasteiger partial charge on any atom is 0.326 e. The predicted molar refractivity (Wildman–Crippen MR) is 80.8 cm³/mol. The van der Waals surface area contributed by atoms with Gasteiger partial charge in [-0.2, -0.15) is 0 Å². The smallest absolute Gasteiger partial charge is 0.326 e. The van der Waals surface area contributed by atoms with E-state index in [9.17, 15) is 14.7 Å². The molecule has 1 aliphatic rings.